The lowest BCUT2D eigenvalue weighted by atomic mass is 10.2. The number of nitrogens with zero attached hydrogens (tertiary/aromatic N) is 2. The van der Waals surface area contributed by atoms with Gasteiger partial charge in [-0.15, -0.1) is 10.2 Å². The van der Waals surface area contributed by atoms with Gasteiger partial charge in [-0.25, -0.2) is 0 Å². The lowest BCUT2D eigenvalue weighted by Gasteiger charge is -2.18. The van der Waals surface area contributed by atoms with Crippen molar-refractivity contribution in [3.8, 4) is 11.5 Å². The molecule has 0 unspecified atom stereocenters. The highest BCUT2D eigenvalue weighted by Crippen LogP contribution is 2.31. The Morgan fingerprint density at radius 1 is 1.32 bits per heavy atom. The van der Waals surface area contributed by atoms with Crippen molar-refractivity contribution < 1.29 is 14.3 Å². The molecule has 22 heavy (non-hydrogen) atoms. The Bertz CT molecular complexity index is 712. The molecule has 1 aromatic heterocycles. The molecule has 0 spiro atoms. The summed E-state index contributed by atoms with van der Waals surface area (Å²) in [6.07, 6.45) is 3.98. The summed E-state index contributed by atoms with van der Waals surface area (Å²) >= 11 is 1.38. The third-order valence-corrected chi connectivity index (χ3v) is 3.98. The van der Waals surface area contributed by atoms with Crippen LogP contribution in [-0.4, -0.2) is 29.3 Å². The van der Waals surface area contributed by atoms with Crippen LogP contribution in [0.25, 0.3) is 6.08 Å². The van der Waals surface area contributed by atoms with Crippen LogP contribution < -0.4 is 14.8 Å². The summed E-state index contributed by atoms with van der Waals surface area (Å²) in [7, 11) is 0. The molecule has 1 aliphatic heterocycles. The molecule has 114 valence electrons. The number of carbonyl (C=O) groups excluding carboxylic acids is 1. The van der Waals surface area contributed by atoms with Gasteiger partial charge in [0.1, 0.15) is 18.2 Å². The zero-order valence-corrected chi connectivity index (χ0v) is 12.9. The fraction of sp³-hybridized carbons (Fsp3) is 0.267. The highest BCUT2D eigenvalue weighted by atomic mass is 32.1. The van der Waals surface area contributed by atoms with Gasteiger partial charge in [0, 0.05) is 6.08 Å². The second kappa shape index (κ2) is 6.57. The predicted molar refractivity (Wildman–Crippen MR) is 84.4 cm³/mol. The Morgan fingerprint density at radius 2 is 2.14 bits per heavy atom. The summed E-state index contributed by atoms with van der Waals surface area (Å²) in [4.78, 5) is 11.9. The molecule has 7 heteroatoms. The number of fused-ring (bicyclic) bond motifs is 1. The largest absolute Gasteiger partial charge is 0.486 e. The third-order valence-electron chi connectivity index (χ3n) is 2.99. The van der Waals surface area contributed by atoms with Gasteiger partial charge < -0.3 is 9.47 Å². The number of hydrogen-bond donors (Lipinski definition) is 1. The maximum Gasteiger partial charge on any atom is 0.250 e. The predicted octanol–water partition coefficient (Wildman–Crippen LogP) is 2.52. The average Bonchev–Trinajstić information content (AvgIpc) is 3.00. The van der Waals surface area contributed by atoms with E-state index in [2.05, 4.69) is 15.5 Å². The van der Waals surface area contributed by atoms with Gasteiger partial charge >= 0.3 is 0 Å². The molecule has 1 aliphatic rings. The summed E-state index contributed by atoms with van der Waals surface area (Å²) in [6, 6.07) is 5.56. The van der Waals surface area contributed by atoms with E-state index < -0.39 is 0 Å². The molecular formula is C15H15N3O3S. The van der Waals surface area contributed by atoms with Crippen LogP contribution in [0.2, 0.25) is 0 Å². The fourth-order valence-corrected chi connectivity index (χ4v) is 2.61. The standard InChI is InChI=1S/C15H15N3O3S/c1-2-14-17-18-15(22-14)16-13(19)6-4-10-3-5-11-12(9-10)21-8-7-20-11/h3-6,9H,2,7-8H2,1H3,(H,16,18,19). The van der Waals surface area contributed by atoms with E-state index in [1.807, 2.05) is 25.1 Å². The Hall–Kier alpha value is -2.41. The number of aryl methyl sites for hydroxylation is 1. The van der Waals surface area contributed by atoms with Crippen molar-refractivity contribution >= 4 is 28.5 Å². The van der Waals surface area contributed by atoms with Gasteiger partial charge in [-0.2, -0.15) is 0 Å². The van der Waals surface area contributed by atoms with Crippen LogP contribution in [0.1, 0.15) is 17.5 Å². The number of rotatable bonds is 4. The second-order valence-electron chi connectivity index (χ2n) is 4.58. The zero-order valence-electron chi connectivity index (χ0n) is 12.0. The maximum atomic E-state index is 11.9. The molecule has 6 nitrogen and oxygen atoms in total. The number of carbonyl (C=O) groups is 1. The number of ether oxygens (including phenoxy) is 2. The summed E-state index contributed by atoms with van der Waals surface area (Å²) in [5.41, 5.74) is 0.867. The molecular weight excluding hydrogens is 302 g/mol. The topological polar surface area (TPSA) is 73.3 Å². The van der Waals surface area contributed by atoms with Crippen LogP contribution in [0.4, 0.5) is 5.13 Å². The Kier molecular flexibility index (Phi) is 4.34. The van der Waals surface area contributed by atoms with Crippen LogP contribution in [0.5, 0.6) is 11.5 Å². The number of aromatic nitrogens is 2. The number of benzene rings is 1. The highest BCUT2D eigenvalue weighted by Gasteiger charge is 2.11. The second-order valence-corrected chi connectivity index (χ2v) is 5.64. The normalized spacial score (nSPS) is 13.3. The first-order chi connectivity index (χ1) is 10.7. The summed E-state index contributed by atoms with van der Waals surface area (Å²) < 4.78 is 11.0. The van der Waals surface area contributed by atoms with Crippen molar-refractivity contribution in [3.05, 3.63) is 34.8 Å². The van der Waals surface area contributed by atoms with Gasteiger partial charge in [-0.1, -0.05) is 24.3 Å². The fourth-order valence-electron chi connectivity index (χ4n) is 1.93. The molecule has 0 radical (unpaired) electrons. The summed E-state index contributed by atoms with van der Waals surface area (Å²) in [6.45, 7) is 3.09. The first kappa shape index (κ1) is 14.5. The Labute approximate surface area is 131 Å². The lowest BCUT2D eigenvalue weighted by Crippen LogP contribution is -2.15. The molecule has 2 heterocycles. The summed E-state index contributed by atoms with van der Waals surface area (Å²) in [5.74, 6) is 1.19. The highest BCUT2D eigenvalue weighted by molar-refractivity contribution is 7.15. The summed E-state index contributed by atoms with van der Waals surface area (Å²) in [5, 5.41) is 12.0. The molecule has 1 amide bonds. The van der Waals surface area contributed by atoms with Crippen molar-refractivity contribution in [2.75, 3.05) is 18.5 Å². The number of nitrogens with one attached hydrogen (secondary N) is 1. The van der Waals surface area contributed by atoms with Crippen LogP contribution >= 0.6 is 11.3 Å². The van der Waals surface area contributed by atoms with Crippen LogP contribution in [0.3, 0.4) is 0 Å². The van der Waals surface area contributed by atoms with E-state index in [1.165, 1.54) is 17.4 Å². The smallest absolute Gasteiger partial charge is 0.250 e. The lowest BCUT2D eigenvalue weighted by molar-refractivity contribution is -0.111. The van der Waals surface area contributed by atoms with Crippen molar-refractivity contribution in [2.24, 2.45) is 0 Å². The third kappa shape index (κ3) is 3.43. The number of hydrogen-bond acceptors (Lipinski definition) is 6. The monoisotopic (exact) mass is 317 g/mol. The quantitative estimate of drug-likeness (QED) is 0.877. The van der Waals surface area contributed by atoms with Crippen LogP contribution in [0.15, 0.2) is 24.3 Å². The van der Waals surface area contributed by atoms with E-state index >= 15 is 0 Å². The van der Waals surface area contributed by atoms with Crippen molar-refractivity contribution in [1.29, 1.82) is 0 Å². The van der Waals surface area contributed by atoms with Gasteiger partial charge in [0.2, 0.25) is 11.0 Å². The van der Waals surface area contributed by atoms with E-state index in [-0.39, 0.29) is 5.91 Å². The van der Waals surface area contributed by atoms with E-state index in [1.54, 1.807) is 6.08 Å². The van der Waals surface area contributed by atoms with E-state index in [9.17, 15) is 4.79 Å². The Balaban J connectivity index is 1.64. The minimum Gasteiger partial charge on any atom is -0.486 e. The maximum absolute atomic E-state index is 11.9. The van der Waals surface area contributed by atoms with Crippen molar-refractivity contribution in [2.45, 2.75) is 13.3 Å². The van der Waals surface area contributed by atoms with E-state index in [0.29, 0.717) is 24.1 Å². The van der Waals surface area contributed by atoms with Crippen LogP contribution in [-0.2, 0) is 11.2 Å². The molecule has 3 rings (SSSR count). The zero-order chi connectivity index (χ0) is 15.4. The minimum absolute atomic E-state index is 0.242. The van der Waals surface area contributed by atoms with Crippen LogP contribution in [0, 0.1) is 0 Å². The molecule has 0 saturated heterocycles. The first-order valence-electron chi connectivity index (χ1n) is 6.95. The van der Waals surface area contributed by atoms with Crippen molar-refractivity contribution in [3.63, 3.8) is 0 Å². The molecule has 0 aliphatic carbocycles. The molecule has 0 fully saturated rings. The molecule has 0 saturated carbocycles. The molecule has 0 atom stereocenters. The Morgan fingerprint density at radius 3 is 2.91 bits per heavy atom. The number of amides is 1. The first-order valence-corrected chi connectivity index (χ1v) is 7.77. The molecule has 2 aromatic rings. The molecule has 1 N–H and O–H groups in total. The van der Waals surface area contributed by atoms with E-state index in [0.717, 1.165) is 22.7 Å². The SMILES string of the molecule is CCc1nnc(NC(=O)C=Cc2ccc3c(c2)OCCO3)s1. The van der Waals surface area contributed by atoms with E-state index in [4.69, 9.17) is 9.47 Å². The van der Waals surface area contributed by atoms with Gasteiger partial charge in [-0.3, -0.25) is 10.1 Å². The minimum atomic E-state index is -0.242. The molecule has 0 bridgehead atoms. The average molecular weight is 317 g/mol. The van der Waals surface area contributed by atoms with Gasteiger partial charge in [0.15, 0.2) is 11.5 Å². The van der Waals surface area contributed by atoms with Gasteiger partial charge in [-0.05, 0) is 30.2 Å². The van der Waals surface area contributed by atoms with Gasteiger partial charge in [0.25, 0.3) is 0 Å². The van der Waals surface area contributed by atoms with Crippen molar-refractivity contribution in [1.82, 2.24) is 10.2 Å². The van der Waals surface area contributed by atoms with Gasteiger partial charge in [0.05, 0.1) is 0 Å². The number of anilines is 1. The molecule has 1 aromatic carbocycles.